The maximum absolute atomic E-state index is 12.3. The molecule has 6 heteroatoms. The Hall–Kier alpha value is -2.73. The third kappa shape index (κ3) is 4.42. The first-order valence-electron chi connectivity index (χ1n) is 8.07. The number of benzene rings is 2. The Morgan fingerprint density at radius 3 is 2.60 bits per heavy atom. The minimum absolute atomic E-state index is 0.183. The molecule has 0 atom stereocenters. The lowest BCUT2D eigenvalue weighted by molar-refractivity contribution is 0.102. The molecular formula is C19H19N3O2S. The van der Waals surface area contributed by atoms with Crippen molar-refractivity contribution >= 4 is 22.4 Å². The lowest BCUT2D eigenvalue weighted by Gasteiger charge is -2.04. The summed E-state index contributed by atoms with van der Waals surface area (Å²) in [7, 11) is 0. The Kier molecular flexibility index (Phi) is 5.40. The molecule has 128 valence electrons. The first kappa shape index (κ1) is 17.1. The van der Waals surface area contributed by atoms with E-state index >= 15 is 0 Å². The van der Waals surface area contributed by atoms with Gasteiger partial charge in [-0.1, -0.05) is 48.6 Å². The van der Waals surface area contributed by atoms with Crippen LogP contribution in [0.2, 0.25) is 0 Å². The van der Waals surface area contributed by atoms with Gasteiger partial charge in [0.15, 0.2) is 5.01 Å². The Morgan fingerprint density at radius 2 is 1.88 bits per heavy atom. The van der Waals surface area contributed by atoms with Crippen LogP contribution in [0.5, 0.6) is 5.75 Å². The van der Waals surface area contributed by atoms with E-state index in [9.17, 15) is 4.79 Å². The zero-order valence-corrected chi connectivity index (χ0v) is 15.0. The molecule has 0 unspecified atom stereocenters. The first-order chi connectivity index (χ1) is 12.2. The molecular weight excluding hydrogens is 334 g/mol. The van der Waals surface area contributed by atoms with Crippen LogP contribution in [0.15, 0.2) is 48.5 Å². The number of rotatable bonds is 6. The molecule has 0 spiro atoms. The third-order valence-corrected chi connectivity index (χ3v) is 4.58. The number of amides is 1. The fourth-order valence-corrected chi connectivity index (χ4v) is 2.97. The van der Waals surface area contributed by atoms with Crippen molar-refractivity contribution in [3.8, 4) is 5.75 Å². The van der Waals surface area contributed by atoms with Crippen molar-refractivity contribution < 1.29 is 9.53 Å². The van der Waals surface area contributed by atoms with Gasteiger partial charge in [-0.25, -0.2) is 0 Å². The van der Waals surface area contributed by atoms with E-state index in [2.05, 4.69) is 22.4 Å². The Morgan fingerprint density at radius 1 is 1.12 bits per heavy atom. The van der Waals surface area contributed by atoms with Crippen LogP contribution in [0.25, 0.3) is 0 Å². The topological polar surface area (TPSA) is 64.1 Å². The van der Waals surface area contributed by atoms with Crippen molar-refractivity contribution in [3.63, 3.8) is 0 Å². The summed E-state index contributed by atoms with van der Waals surface area (Å²) in [5, 5.41) is 12.0. The van der Waals surface area contributed by atoms with Crippen molar-refractivity contribution in [2.45, 2.75) is 26.9 Å². The molecule has 0 bridgehead atoms. The van der Waals surface area contributed by atoms with Crippen LogP contribution in [-0.4, -0.2) is 16.1 Å². The van der Waals surface area contributed by atoms with Crippen LogP contribution in [0.3, 0.4) is 0 Å². The molecule has 1 heterocycles. The highest BCUT2D eigenvalue weighted by Gasteiger charge is 2.12. The monoisotopic (exact) mass is 353 g/mol. The summed E-state index contributed by atoms with van der Waals surface area (Å²) in [4.78, 5) is 12.3. The van der Waals surface area contributed by atoms with Gasteiger partial charge in [0.2, 0.25) is 5.13 Å². The molecule has 0 aliphatic heterocycles. The average molecular weight is 353 g/mol. The fourth-order valence-electron chi connectivity index (χ4n) is 2.32. The number of hydrogen-bond donors (Lipinski definition) is 1. The number of aryl methyl sites for hydroxylation is 2. The van der Waals surface area contributed by atoms with Gasteiger partial charge in [0, 0.05) is 5.56 Å². The number of carbonyl (C=O) groups is 1. The van der Waals surface area contributed by atoms with E-state index in [-0.39, 0.29) is 5.91 Å². The lowest BCUT2D eigenvalue weighted by atomic mass is 10.1. The van der Waals surface area contributed by atoms with Gasteiger partial charge in [-0.05, 0) is 42.7 Å². The molecule has 0 aliphatic carbocycles. The maximum atomic E-state index is 12.3. The number of ether oxygens (including phenoxy) is 1. The van der Waals surface area contributed by atoms with Crippen molar-refractivity contribution in [2.24, 2.45) is 0 Å². The highest BCUT2D eigenvalue weighted by molar-refractivity contribution is 7.15. The van der Waals surface area contributed by atoms with Crippen LogP contribution in [0.4, 0.5) is 5.13 Å². The molecule has 1 aromatic heterocycles. The van der Waals surface area contributed by atoms with Gasteiger partial charge >= 0.3 is 0 Å². The molecule has 0 radical (unpaired) electrons. The molecule has 2 aromatic carbocycles. The Balaban J connectivity index is 1.58. The Labute approximate surface area is 150 Å². The van der Waals surface area contributed by atoms with Crippen LogP contribution in [-0.2, 0) is 13.0 Å². The van der Waals surface area contributed by atoms with E-state index in [1.807, 2.05) is 49.4 Å². The molecule has 0 fully saturated rings. The fraction of sp³-hybridized carbons (Fsp3) is 0.211. The van der Waals surface area contributed by atoms with E-state index in [0.29, 0.717) is 22.3 Å². The van der Waals surface area contributed by atoms with Gasteiger partial charge in [-0.3, -0.25) is 10.1 Å². The summed E-state index contributed by atoms with van der Waals surface area (Å²) in [6.45, 7) is 4.34. The summed E-state index contributed by atoms with van der Waals surface area (Å²) >= 11 is 1.31. The average Bonchev–Trinajstić information content (AvgIpc) is 3.08. The van der Waals surface area contributed by atoms with Crippen molar-refractivity contribution in [2.75, 3.05) is 5.32 Å². The smallest absolute Gasteiger partial charge is 0.257 e. The number of anilines is 1. The SMILES string of the molecule is CCc1ccc(OCc2nnc(NC(=O)c3ccccc3C)s2)cc1. The lowest BCUT2D eigenvalue weighted by Crippen LogP contribution is -2.12. The zero-order chi connectivity index (χ0) is 17.6. The zero-order valence-electron chi connectivity index (χ0n) is 14.2. The summed E-state index contributed by atoms with van der Waals surface area (Å²) in [6.07, 6.45) is 1.00. The number of nitrogens with one attached hydrogen (secondary N) is 1. The standard InChI is InChI=1S/C19H19N3O2S/c1-3-14-8-10-15(11-9-14)24-12-17-21-22-19(25-17)20-18(23)16-7-5-4-6-13(16)2/h4-11H,3,12H2,1-2H3,(H,20,22,23). The first-order valence-corrected chi connectivity index (χ1v) is 8.88. The van der Waals surface area contributed by atoms with Crippen LogP contribution in [0.1, 0.15) is 33.4 Å². The van der Waals surface area contributed by atoms with Gasteiger partial charge < -0.3 is 4.74 Å². The molecule has 3 aromatic rings. The molecule has 0 aliphatic rings. The minimum Gasteiger partial charge on any atom is -0.486 e. The highest BCUT2D eigenvalue weighted by atomic mass is 32.1. The summed E-state index contributed by atoms with van der Waals surface area (Å²) < 4.78 is 5.71. The van der Waals surface area contributed by atoms with E-state index in [1.54, 1.807) is 6.07 Å². The predicted octanol–water partition coefficient (Wildman–Crippen LogP) is 4.24. The van der Waals surface area contributed by atoms with Gasteiger partial charge in [0.25, 0.3) is 5.91 Å². The second-order valence-corrected chi connectivity index (χ2v) is 6.62. The molecule has 0 saturated carbocycles. The summed E-state index contributed by atoms with van der Waals surface area (Å²) in [5.74, 6) is 0.606. The van der Waals surface area contributed by atoms with Crippen molar-refractivity contribution in [1.82, 2.24) is 10.2 Å². The van der Waals surface area contributed by atoms with Crippen LogP contribution < -0.4 is 10.1 Å². The minimum atomic E-state index is -0.183. The summed E-state index contributed by atoms with van der Waals surface area (Å²) in [5.41, 5.74) is 2.82. The molecule has 5 nitrogen and oxygen atoms in total. The predicted molar refractivity (Wildman–Crippen MR) is 99.2 cm³/mol. The van der Waals surface area contributed by atoms with E-state index in [4.69, 9.17) is 4.74 Å². The molecule has 25 heavy (non-hydrogen) atoms. The van der Waals surface area contributed by atoms with Crippen LogP contribution in [0, 0.1) is 6.92 Å². The number of aromatic nitrogens is 2. The van der Waals surface area contributed by atoms with Crippen molar-refractivity contribution in [3.05, 3.63) is 70.2 Å². The molecule has 1 N–H and O–H groups in total. The number of hydrogen-bond acceptors (Lipinski definition) is 5. The van der Waals surface area contributed by atoms with Gasteiger partial charge in [0.05, 0.1) is 0 Å². The van der Waals surface area contributed by atoms with E-state index in [1.165, 1.54) is 16.9 Å². The normalized spacial score (nSPS) is 10.5. The second kappa shape index (κ2) is 7.90. The van der Waals surface area contributed by atoms with Gasteiger partial charge in [-0.15, -0.1) is 10.2 Å². The number of carbonyl (C=O) groups excluding carboxylic acids is 1. The van der Waals surface area contributed by atoms with E-state index < -0.39 is 0 Å². The second-order valence-electron chi connectivity index (χ2n) is 5.56. The van der Waals surface area contributed by atoms with E-state index in [0.717, 1.165) is 17.7 Å². The molecule has 0 saturated heterocycles. The molecule has 1 amide bonds. The highest BCUT2D eigenvalue weighted by Crippen LogP contribution is 2.20. The van der Waals surface area contributed by atoms with Gasteiger partial charge in [-0.2, -0.15) is 0 Å². The quantitative estimate of drug-likeness (QED) is 0.720. The Bertz CT molecular complexity index is 859. The summed E-state index contributed by atoms with van der Waals surface area (Å²) in [6, 6.07) is 15.4. The largest absolute Gasteiger partial charge is 0.486 e. The third-order valence-electron chi connectivity index (χ3n) is 3.77. The van der Waals surface area contributed by atoms with Crippen LogP contribution >= 0.6 is 11.3 Å². The maximum Gasteiger partial charge on any atom is 0.257 e. The molecule has 3 rings (SSSR count). The number of nitrogens with zero attached hydrogens (tertiary/aromatic N) is 2. The van der Waals surface area contributed by atoms with Crippen molar-refractivity contribution in [1.29, 1.82) is 0 Å². The van der Waals surface area contributed by atoms with Gasteiger partial charge in [0.1, 0.15) is 12.4 Å².